The molecule has 0 saturated heterocycles. The van der Waals surface area contributed by atoms with E-state index in [1.807, 2.05) is 0 Å². The van der Waals surface area contributed by atoms with Crippen LogP contribution in [0.2, 0.25) is 0 Å². The lowest BCUT2D eigenvalue weighted by molar-refractivity contribution is 0.356. The Morgan fingerprint density at radius 3 is 2.29 bits per heavy atom. The minimum absolute atomic E-state index is 0.221. The SMILES string of the molecule is COc1ccc2[nH]c(=O)cc(OC)c2c1OC. The van der Waals surface area contributed by atoms with Crippen LogP contribution in [-0.2, 0) is 0 Å². The third-order valence-electron chi connectivity index (χ3n) is 2.53. The van der Waals surface area contributed by atoms with E-state index in [0.717, 1.165) is 0 Å². The number of pyridine rings is 1. The number of aromatic amines is 1. The van der Waals surface area contributed by atoms with Crippen molar-refractivity contribution in [1.29, 1.82) is 0 Å². The Bertz CT molecular complexity index is 603. The Balaban J connectivity index is 2.91. The zero-order valence-electron chi connectivity index (χ0n) is 9.87. The number of benzene rings is 1. The third kappa shape index (κ3) is 1.80. The van der Waals surface area contributed by atoms with E-state index in [1.54, 1.807) is 26.4 Å². The molecule has 0 atom stereocenters. The van der Waals surface area contributed by atoms with Crippen LogP contribution in [0.4, 0.5) is 0 Å². The van der Waals surface area contributed by atoms with Gasteiger partial charge < -0.3 is 19.2 Å². The number of hydrogen-bond donors (Lipinski definition) is 1. The van der Waals surface area contributed by atoms with Gasteiger partial charge in [-0.1, -0.05) is 0 Å². The van der Waals surface area contributed by atoms with Crippen LogP contribution in [0.15, 0.2) is 23.0 Å². The average Bonchev–Trinajstić information content (AvgIpc) is 2.36. The fraction of sp³-hybridized carbons (Fsp3) is 0.250. The lowest BCUT2D eigenvalue weighted by atomic mass is 10.1. The molecular weight excluding hydrogens is 222 g/mol. The zero-order chi connectivity index (χ0) is 12.4. The molecule has 1 heterocycles. The summed E-state index contributed by atoms with van der Waals surface area (Å²) in [5.74, 6) is 1.59. The molecule has 5 nitrogen and oxygen atoms in total. The van der Waals surface area contributed by atoms with Gasteiger partial charge in [-0.25, -0.2) is 0 Å². The molecule has 5 heteroatoms. The predicted octanol–water partition coefficient (Wildman–Crippen LogP) is 1.55. The van der Waals surface area contributed by atoms with Gasteiger partial charge in [0.15, 0.2) is 11.5 Å². The molecular formula is C12H13NO4. The summed E-state index contributed by atoms with van der Waals surface area (Å²) in [7, 11) is 4.61. The van der Waals surface area contributed by atoms with Gasteiger partial charge in [0.2, 0.25) is 0 Å². The first-order valence-corrected chi connectivity index (χ1v) is 5.03. The van der Waals surface area contributed by atoms with E-state index in [9.17, 15) is 4.79 Å². The highest BCUT2D eigenvalue weighted by atomic mass is 16.5. The van der Waals surface area contributed by atoms with E-state index in [0.29, 0.717) is 28.2 Å². The fourth-order valence-corrected chi connectivity index (χ4v) is 1.80. The Morgan fingerprint density at radius 2 is 1.71 bits per heavy atom. The number of hydrogen-bond acceptors (Lipinski definition) is 4. The highest BCUT2D eigenvalue weighted by molar-refractivity contribution is 5.93. The fourth-order valence-electron chi connectivity index (χ4n) is 1.80. The van der Waals surface area contributed by atoms with E-state index in [-0.39, 0.29) is 5.56 Å². The van der Waals surface area contributed by atoms with Crippen molar-refractivity contribution < 1.29 is 14.2 Å². The van der Waals surface area contributed by atoms with Gasteiger partial charge in [-0.3, -0.25) is 4.79 Å². The van der Waals surface area contributed by atoms with Crippen LogP contribution in [0.1, 0.15) is 0 Å². The van der Waals surface area contributed by atoms with Gasteiger partial charge in [0.05, 0.1) is 32.2 Å². The van der Waals surface area contributed by atoms with E-state index >= 15 is 0 Å². The Labute approximate surface area is 97.9 Å². The van der Waals surface area contributed by atoms with Crippen molar-refractivity contribution in [3.05, 3.63) is 28.6 Å². The van der Waals surface area contributed by atoms with Crippen molar-refractivity contribution in [2.24, 2.45) is 0 Å². The predicted molar refractivity (Wildman–Crippen MR) is 64.2 cm³/mol. The lowest BCUT2D eigenvalue weighted by Crippen LogP contribution is -2.06. The largest absolute Gasteiger partial charge is 0.496 e. The molecule has 0 unspecified atom stereocenters. The van der Waals surface area contributed by atoms with Crippen LogP contribution in [0.5, 0.6) is 17.2 Å². The van der Waals surface area contributed by atoms with Crippen LogP contribution >= 0.6 is 0 Å². The third-order valence-corrected chi connectivity index (χ3v) is 2.53. The lowest BCUT2D eigenvalue weighted by Gasteiger charge is -2.12. The van der Waals surface area contributed by atoms with Crippen LogP contribution in [0.25, 0.3) is 10.9 Å². The van der Waals surface area contributed by atoms with Crippen LogP contribution < -0.4 is 19.8 Å². The summed E-state index contributed by atoms with van der Waals surface area (Å²) in [4.78, 5) is 14.1. The molecule has 0 radical (unpaired) electrons. The molecule has 90 valence electrons. The highest BCUT2D eigenvalue weighted by Crippen LogP contribution is 2.38. The summed E-state index contributed by atoms with van der Waals surface area (Å²) in [6.07, 6.45) is 0. The summed E-state index contributed by atoms with van der Waals surface area (Å²) < 4.78 is 15.7. The van der Waals surface area contributed by atoms with Gasteiger partial charge in [-0.15, -0.1) is 0 Å². The van der Waals surface area contributed by atoms with Gasteiger partial charge in [-0.05, 0) is 12.1 Å². The summed E-state index contributed by atoms with van der Waals surface area (Å²) in [6.45, 7) is 0. The maximum atomic E-state index is 11.4. The summed E-state index contributed by atoms with van der Waals surface area (Å²) in [5.41, 5.74) is 0.425. The highest BCUT2D eigenvalue weighted by Gasteiger charge is 2.14. The molecule has 0 aliphatic carbocycles. The van der Waals surface area contributed by atoms with Gasteiger partial charge >= 0.3 is 0 Å². The number of aromatic nitrogens is 1. The molecule has 1 aromatic carbocycles. The molecule has 0 fully saturated rings. The molecule has 2 rings (SSSR count). The van der Waals surface area contributed by atoms with Crippen molar-refractivity contribution in [2.75, 3.05) is 21.3 Å². The maximum absolute atomic E-state index is 11.4. The second kappa shape index (κ2) is 4.37. The monoisotopic (exact) mass is 235 g/mol. The molecule has 17 heavy (non-hydrogen) atoms. The molecule has 0 amide bonds. The Hall–Kier alpha value is -2.17. The van der Waals surface area contributed by atoms with E-state index in [1.165, 1.54) is 13.2 Å². The Morgan fingerprint density at radius 1 is 1.00 bits per heavy atom. The number of fused-ring (bicyclic) bond motifs is 1. The van der Waals surface area contributed by atoms with Gasteiger partial charge in [0.1, 0.15) is 5.75 Å². The maximum Gasteiger partial charge on any atom is 0.252 e. The number of nitrogens with one attached hydrogen (secondary N) is 1. The zero-order valence-corrected chi connectivity index (χ0v) is 9.87. The first-order chi connectivity index (χ1) is 8.21. The van der Waals surface area contributed by atoms with Gasteiger partial charge in [0.25, 0.3) is 5.56 Å². The molecule has 2 aromatic rings. The van der Waals surface area contributed by atoms with E-state index < -0.39 is 0 Å². The molecule has 0 aliphatic rings. The summed E-state index contributed by atoms with van der Waals surface area (Å²) in [6, 6.07) is 4.86. The number of ether oxygens (including phenoxy) is 3. The van der Waals surface area contributed by atoms with Crippen molar-refractivity contribution in [3.63, 3.8) is 0 Å². The van der Waals surface area contributed by atoms with Crippen LogP contribution in [-0.4, -0.2) is 26.3 Å². The van der Waals surface area contributed by atoms with Gasteiger partial charge in [-0.2, -0.15) is 0 Å². The summed E-state index contributed by atoms with van der Waals surface area (Å²) >= 11 is 0. The second-order valence-corrected chi connectivity index (χ2v) is 3.43. The standard InChI is InChI=1S/C12H13NO4/c1-15-8-5-4-7-11(12(8)17-3)9(16-2)6-10(14)13-7/h4-6H,1-3H3,(H,13,14). The molecule has 0 aliphatic heterocycles. The topological polar surface area (TPSA) is 60.6 Å². The number of methoxy groups -OCH3 is 3. The molecule has 0 spiro atoms. The van der Waals surface area contributed by atoms with Crippen LogP contribution in [0, 0.1) is 0 Å². The van der Waals surface area contributed by atoms with Crippen molar-refractivity contribution >= 4 is 10.9 Å². The summed E-state index contributed by atoms with van der Waals surface area (Å²) in [5, 5.41) is 0.689. The van der Waals surface area contributed by atoms with Gasteiger partial charge in [0, 0.05) is 6.07 Å². The first kappa shape index (κ1) is 11.3. The molecule has 0 saturated carbocycles. The number of H-pyrrole nitrogens is 1. The van der Waals surface area contributed by atoms with Crippen molar-refractivity contribution in [3.8, 4) is 17.2 Å². The second-order valence-electron chi connectivity index (χ2n) is 3.43. The van der Waals surface area contributed by atoms with E-state index in [2.05, 4.69) is 4.98 Å². The smallest absolute Gasteiger partial charge is 0.252 e. The minimum Gasteiger partial charge on any atom is -0.496 e. The van der Waals surface area contributed by atoms with Crippen molar-refractivity contribution in [1.82, 2.24) is 4.98 Å². The molecule has 0 bridgehead atoms. The Kier molecular flexibility index (Phi) is 2.91. The quantitative estimate of drug-likeness (QED) is 0.876. The number of rotatable bonds is 3. The van der Waals surface area contributed by atoms with E-state index in [4.69, 9.17) is 14.2 Å². The minimum atomic E-state index is -0.221. The molecule has 1 aromatic heterocycles. The first-order valence-electron chi connectivity index (χ1n) is 5.03. The normalized spacial score (nSPS) is 10.3. The average molecular weight is 235 g/mol. The van der Waals surface area contributed by atoms with Crippen molar-refractivity contribution in [2.45, 2.75) is 0 Å². The molecule has 1 N–H and O–H groups in total. The van der Waals surface area contributed by atoms with Crippen LogP contribution in [0.3, 0.4) is 0 Å².